The molecule has 0 bridgehead atoms. The molecule has 1 saturated heterocycles. The highest BCUT2D eigenvalue weighted by molar-refractivity contribution is 5.89. The Morgan fingerprint density at radius 1 is 1.82 bits per heavy atom. The van der Waals surface area contributed by atoms with Crippen LogP contribution in [0.15, 0.2) is 11.6 Å². The molecule has 1 unspecified atom stereocenters. The van der Waals surface area contributed by atoms with E-state index in [0.29, 0.717) is 6.61 Å². The Morgan fingerprint density at radius 3 is 3.00 bits per heavy atom. The van der Waals surface area contributed by atoms with Gasteiger partial charge in [0.1, 0.15) is 12.7 Å². The summed E-state index contributed by atoms with van der Waals surface area (Å²) in [6.45, 7) is 1.17. The third-order valence-corrected chi connectivity index (χ3v) is 1.87. The molecule has 0 saturated carbocycles. The zero-order valence-corrected chi connectivity index (χ0v) is 6.21. The average molecular weight is 154 g/mol. The van der Waals surface area contributed by atoms with E-state index in [-0.39, 0.29) is 12.1 Å². The van der Waals surface area contributed by atoms with E-state index in [2.05, 4.69) is 0 Å². The molecule has 0 N–H and O–H groups in total. The van der Waals surface area contributed by atoms with E-state index in [0.717, 1.165) is 25.0 Å². The SMILES string of the molecule is O=C(OCC1CO1)C1=CCC1. The highest BCUT2D eigenvalue weighted by Crippen LogP contribution is 2.19. The molecule has 2 aliphatic rings. The minimum atomic E-state index is -0.160. The number of allylic oxidation sites excluding steroid dienone is 1. The van der Waals surface area contributed by atoms with Gasteiger partial charge in [-0.25, -0.2) is 4.79 Å². The van der Waals surface area contributed by atoms with Crippen LogP contribution in [0.4, 0.5) is 0 Å². The molecule has 1 aliphatic carbocycles. The highest BCUT2D eigenvalue weighted by Gasteiger charge is 2.25. The van der Waals surface area contributed by atoms with Gasteiger partial charge in [-0.2, -0.15) is 0 Å². The van der Waals surface area contributed by atoms with Gasteiger partial charge in [-0.3, -0.25) is 0 Å². The second-order valence-electron chi connectivity index (χ2n) is 2.82. The summed E-state index contributed by atoms with van der Waals surface area (Å²) >= 11 is 0. The molecule has 1 aliphatic heterocycles. The predicted octanol–water partition coefficient (Wildman–Crippen LogP) is 0.649. The third kappa shape index (κ3) is 1.60. The quantitative estimate of drug-likeness (QED) is 0.442. The minimum Gasteiger partial charge on any atom is -0.459 e. The van der Waals surface area contributed by atoms with Crippen molar-refractivity contribution in [3.63, 3.8) is 0 Å². The van der Waals surface area contributed by atoms with Gasteiger partial charge < -0.3 is 9.47 Å². The number of rotatable bonds is 3. The van der Waals surface area contributed by atoms with Gasteiger partial charge in [-0.1, -0.05) is 6.08 Å². The molecular formula is C8H10O3. The molecule has 0 aromatic carbocycles. The first-order valence-corrected chi connectivity index (χ1v) is 3.84. The zero-order valence-electron chi connectivity index (χ0n) is 6.21. The summed E-state index contributed by atoms with van der Waals surface area (Å²) in [7, 11) is 0. The lowest BCUT2D eigenvalue weighted by Crippen LogP contribution is -2.15. The molecule has 0 amide bonds. The number of hydrogen-bond donors (Lipinski definition) is 0. The fraction of sp³-hybridized carbons (Fsp3) is 0.625. The zero-order chi connectivity index (χ0) is 7.68. The predicted molar refractivity (Wildman–Crippen MR) is 38.0 cm³/mol. The fourth-order valence-electron chi connectivity index (χ4n) is 0.900. The normalized spacial score (nSPS) is 26.9. The molecule has 1 fully saturated rings. The summed E-state index contributed by atoms with van der Waals surface area (Å²) in [5.74, 6) is -0.160. The van der Waals surface area contributed by atoms with Crippen LogP contribution in [0, 0.1) is 0 Å². The van der Waals surface area contributed by atoms with Crippen molar-refractivity contribution in [2.75, 3.05) is 13.2 Å². The van der Waals surface area contributed by atoms with Crippen LogP contribution in [0.2, 0.25) is 0 Å². The van der Waals surface area contributed by atoms with Crippen molar-refractivity contribution in [1.82, 2.24) is 0 Å². The van der Waals surface area contributed by atoms with Crippen LogP contribution < -0.4 is 0 Å². The summed E-state index contributed by atoms with van der Waals surface area (Å²) in [5, 5.41) is 0. The lowest BCUT2D eigenvalue weighted by Gasteiger charge is -2.12. The Bertz CT molecular complexity index is 203. The van der Waals surface area contributed by atoms with Crippen LogP contribution in [-0.4, -0.2) is 25.3 Å². The Balaban J connectivity index is 1.71. The summed E-state index contributed by atoms with van der Waals surface area (Å²) in [5.41, 5.74) is 0.825. The number of epoxide rings is 1. The maximum Gasteiger partial charge on any atom is 0.333 e. The second-order valence-corrected chi connectivity index (χ2v) is 2.82. The number of carbonyl (C=O) groups excluding carboxylic acids is 1. The van der Waals surface area contributed by atoms with Gasteiger partial charge >= 0.3 is 5.97 Å². The molecule has 1 heterocycles. The second kappa shape index (κ2) is 2.66. The first kappa shape index (κ1) is 6.85. The lowest BCUT2D eigenvalue weighted by molar-refractivity contribution is -0.140. The van der Waals surface area contributed by atoms with Crippen LogP contribution in [0.5, 0.6) is 0 Å². The first-order valence-electron chi connectivity index (χ1n) is 3.84. The van der Waals surface area contributed by atoms with Gasteiger partial charge in [0.05, 0.1) is 6.61 Å². The summed E-state index contributed by atoms with van der Waals surface area (Å²) < 4.78 is 9.83. The maximum absolute atomic E-state index is 11.0. The van der Waals surface area contributed by atoms with Gasteiger partial charge in [0.2, 0.25) is 0 Å². The van der Waals surface area contributed by atoms with E-state index in [1.165, 1.54) is 0 Å². The molecule has 3 nitrogen and oxygen atoms in total. The van der Waals surface area contributed by atoms with Crippen molar-refractivity contribution in [2.24, 2.45) is 0 Å². The van der Waals surface area contributed by atoms with Crippen LogP contribution >= 0.6 is 0 Å². The molecular weight excluding hydrogens is 144 g/mol. The largest absolute Gasteiger partial charge is 0.459 e. The lowest BCUT2D eigenvalue weighted by atomic mass is 10.00. The van der Waals surface area contributed by atoms with Crippen LogP contribution in [-0.2, 0) is 14.3 Å². The molecule has 3 heteroatoms. The standard InChI is InChI=1S/C8H10O3/c9-8(6-2-1-3-6)11-5-7-4-10-7/h2,7H,1,3-5H2. The summed E-state index contributed by atoms with van der Waals surface area (Å²) in [6, 6.07) is 0. The Kier molecular flexibility index (Phi) is 1.66. The number of hydrogen-bond acceptors (Lipinski definition) is 3. The van der Waals surface area contributed by atoms with Gasteiger partial charge in [0.15, 0.2) is 0 Å². The van der Waals surface area contributed by atoms with E-state index >= 15 is 0 Å². The summed E-state index contributed by atoms with van der Waals surface area (Å²) in [4.78, 5) is 11.0. The molecule has 0 radical (unpaired) electrons. The molecule has 0 spiro atoms. The van der Waals surface area contributed by atoms with E-state index in [4.69, 9.17) is 9.47 Å². The van der Waals surface area contributed by atoms with Crippen LogP contribution in [0.25, 0.3) is 0 Å². The van der Waals surface area contributed by atoms with Crippen molar-refractivity contribution >= 4 is 5.97 Å². The molecule has 60 valence electrons. The Morgan fingerprint density at radius 2 is 2.55 bits per heavy atom. The number of carbonyl (C=O) groups is 1. The number of ether oxygens (including phenoxy) is 2. The molecule has 0 aromatic heterocycles. The van der Waals surface area contributed by atoms with Crippen molar-refractivity contribution in [3.8, 4) is 0 Å². The molecule has 2 rings (SSSR count). The van der Waals surface area contributed by atoms with E-state index in [1.807, 2.05) is 6.08 Å². The van der Waals surface area contributed by atoms with Gasteiger partial charge in [-0.05, 0) is 12.8 Å². The highest BCUT2D eigenvalue weighted by atomic mass is 16.6. The molecule has 11 heavy (non-hydrogen) atoms. The van der Waals surface area contributed by atoms with Crippen molar-refractivity contribution in [1.29, 1.82) is 0 Å². The minimum absolute atomic E-state index is 0.160. The van der Waals surface area contributed by atoms with Crippen molar-refractivity contribution in [3.05, 3.63) is 11.6 Å². The fourth-order valence-corrected chi connectivity index (χ4v) is 0.900. The molecule has 1 atom stereocenters. The Labute approximate surface area is 65.0 Å². The maximum atomic E-state index is 11.0. The summed E-state index contributed by atoms with van der Waals surface area (Å²) in [6.07, 6.45) is 3.99. The van der Waals surface area contributed by atoms with E-state index < -0.39 is 0 Å². The van der Waals surface area contributed by atoms with Crippen LogP contribution in [0.3, 0.4) is 0 Å². The van der Waals surface area contributed by atoms with Gasteiger partial charge in [0, 0.05) is 5.57 Å². The van der Waals surface area contributed by atoms with Crippen molar-refractivity contribution < 1.29 is 14.3 Å². The van der Waals surface area contributed by atoms with E-state index in [1.54, 1.807) is 0 Å². The third-order valence-electron chi connectivity index (χ3n) is 1.87. The van der Waals surface area contributed by atoms with Crippen LogP contribution in [0.1, 0.15) is 12.8 Å². The smallest absolute Gasteiger partial charge is 0.333 e. The first-order chi connectivity index (χ1) is 5.36. The molecule has 0 aromatic rings. The average Bonchev–Trinajstić information content (AvgIpc) is 2.61. The monoisotopic (exact) mass is 154 g/mol. The van der Waals surface area contributed by atoms with Gasteiger partial charge in [-0.15, -0.1) is 0 Å². The van der Waals surface area contributed by atoms with Crippen molar-refractivity contribution in [2.45, 2.75) is 18.9 Å². The Hall–Kier alpha value is -0.830. The van der Waals surface area contributed by atoms with E-state index in [9.17, 15) is 4.79 Å². The topological polar surface area (TPSA) is 38.8 Å². The van der Waals surface area contributed by atoms with Gasteiger partial charge in [0.25, 0.3) is 0 Å². The number of esters is 1.